The minimum absolute atomic E-state index is 0.0528. The van der Waals surface area contributed by atoms with Gasteiger partial charge in [0.1, 0.15) is 5.76 Å². The van der Waals surface area contributed by atoms with Crippen LogP contribution < -0.4 is 0 Å². The van der Waals surface area contributed by atoms with Crippen LogP contribution in [0.5, 0.6) is 0 Å². The average molecular weight is 405 g/mol. The molecule has 5 heterocycles. The van der Waals surface area contributed by atoms with Crippen LogP contribution in [0, 0.1) is 11.8 Å². The normalized spacial score (nSPS) is 45.0. The first-order valence-corrected chi connectivity index (χ1v) is 10.9. The van der Waals surface area contributed by atoms with Gasteiger partial charge in [0.25, 0.3) is 0 Å². The van der Waals surface area contributed by atoms with Gasteiger partial charge in [0.15, 0.2) is 5.76 Å². The molecule has 0 aromatic rings. The highest BCUT2D eigenvalue weighted by atomic mass is 16.7. The minimum atomic E-state index is -0.666. The van der Waals surface area contributed by atoms with E-state index in [9.17, 15) is 9.90 Å². The number of hydrogen-bond donors (Lipinski definition) is 1. The molecule has 7 atom stereocenters. The lowest BCUT2D eigenvalue weighted by Gasteiger charge is -2.46. The molecular formula is C22H31NO6. The van der Waals surface area contributed by atoms with Crippen molar-refractivity contribution in [1.82, 2.24) is 4.90 Å². The van der Waals surface area contributed by atoms with Gasteiger partial charge in [-0.3, -0.25) is 4.90 Å². The molecule has 0 saturated carbocycles. The lowest BCUT2D eigenvalue weighted by Crippen LogP contribution is -2.58. The lowest BCUT2D eigenvalue weighted by molar-refractivity contribution is -0.212. The summed E-state index contributed by atoms with van der Waals surface area (Å²) in [5.41, 5.74) is 0.683. The number of carbonyl (C=O) groups is 1. The first-order valence-electron chi connectivity index (χ1n) is 10.9. The number of aliphatic hydroxyl groups is 1. The van der Waals surface area contributed by atoms with Gasteiger partial charge < -0.3 is 24.1 Å². The fraction of sp³-hybridized carbons (Fsp3) is 0.773. The largest absolute Gasteiger partial charge is 0.490 e. The Labute approximate surface area is 171 Å². The number of carbonyl (C=O) groups excluding carboxylic acids is 1. The van der Waals surface area contributed by atoms with E-state index < -0.39 is 11.8 Å². The first kappa shape index (κ1) is 19.4. The van der Waals surface area contributed by atoms with Crippen molar-refractivity contribution in [3.05, 3.63) is 22.9 Å². The average Bonchev–Trinajstić information content (AvgIpc) is 3.22. The monoisotopic (exact) mass is 405 g/mol. The summed E-state index contributed by atoms with van der Waals surface area (Å²) in [6.07, 6.45) is 4.25. The number of methoxy groups -OCH3 is 1. The van der Waals surface area contributed by atoms with Crippen molar-refractivity contribution in [2.45, 2.75) is 83.0 Å². The topological polar surface area (TPSA) is 77.5 Å². The summed E-state index contributed by atoms with van der Waals surface area (Å²) >= 11 is 0. The van der Waals surface area contributed by atoms with Crippen LogP contribution in [0.25, 0.3) is 0 Å². The number of rotatable bonds is 3. The molecule has 0 unspecified atom stereocenters. The molecule has 4 saturated heterocycles. The number of esters is 1. The lowest BCUT2D eigenvalue weighted by atomic mass is 9.77. The molecule has 1 N–H and O–H groups in total. The van der Waals surface area contributed by atoms with Gasteiger partial charge in [0, 0.05) is 30.0 Å². The maximum atomic E-state index is 12.2. The summed E-state index contributed by atoms with van der Waals surface area (Å²) in [5, 5.41) is 10.7. The van der Waals surface area contributed by atoms with Crippen molar-refractivity contribution < 1.29 is 28.8 Å². The Balaban J connectivity index is 1.54. The molecule has 160 valence electrons. The standard InChI is InChI=1S/C22H31NO6/c1-5-14(24)13-7-8-15-17-16-11(2)19(18-12(3)20(26-4)21(25)27-18)29-22(16,28-15)9-6-10-23(13)17/h11,13-17,24H,5-10H2,1-4H3/b19-18-/t11-,13+,14+,15+,16+,17-,22+/m0/s1. The van der Waals surface area contributed by atoms with E-state index in [-0.39, 0.29) is 41.9 Å². The highest BCUT2D eigenvalue weighted by molar-refractivity contribution is 5.92. The van der Waals surface area contributed by atoms with Gasteiger partial charge >= 0.3 is 5.97 Å². The molecule has 0 spiro atoms. The molecule has 0 aliphatic carbocycles. The molecule has 0 radical (unpaired) electrons. The number of piperidine rings is 1. The maximum absolute atomic E-state index is 12.2. The maximum Gasteiger partial charge on any atom is 0.379 e. The SMILES string of the molecule is CC[C@@H](O)[C@H]1CC[C@H]2O[C@@]34CCCN1[C@@H]2[C@H]3[C@H](C)/C(=C1/OC(=O)C(OC)=C1C)O4. The third-order valence-electron chi connectivity index (χ3n) is 7.69. The number of allylic oxidation sites excluding steroid dienone is 2. The predicted octanol–water partition coefficient (Wildman–Crippen LogP) is 2.45. The second-order valence-corrected chi connectivity index (χ2v) is 9.08. The van der Waals surface area contributed by atoms with Crippen molar-refractivity contribution in [3.8, 4) is 0 Å². The van der Waals surface area contributed by atoms with E-state index in [4.69, 9.17) is 18.9 Å². The molecule has 29 heavy (non-hydrogen) atoms. The Bertz CT molecular complexity index is 790. The van der Waals surface area contributed by atoms with Gasteiger partial charge in [0.05, 0.1) is 25.2 Å². The van der Waals surface area contributed by atoms with E-state index in [0.717, 1.165) is 38.6 Å². The van der Waals surface area contributed by atoms with Crippen LogP contribution in [0.3, 0.4) is 0 Å². The van der Waals surface area contributed by atoms with Crippen LogP contribution in [0.4, 0.5) is 0 Å². The van der Waals surface area contributed by atoms with Crippen molar-refractivity contribution in [2.75, 3.05) is 13.7 Å². The van der Waals surface area contributed by atoms with Crippen LogP contribution >= 0.6 is 0 Å². The van der Waals surface area contributed by atoms with E-state index >= 15 is 0 Å². The molecule has 2 bridgehead atoms. The Hall–Kier alpha value is -1.57. The Morgan fingerprint density at radius 2 is 2.17 bits per heavy atom. The number of ether oxygens (including phenoxy) is 4. The molecule has 4 fully saturated rings. The summed E-state index contributed by atoms with van der Waals surface area (Å²) in [5.74, 6) is 0.504. The Kier molecular flexibility index (Phi) is 4.50. The Morgan fingerprint density at radius 1 is 1.38 bits per heavy atom. The third-order valence-corrected chi connectivity index (χ3v) is 7.69. The van der Waals surface area contributed by atoms with E-state index in [0.29, 0.717) is 17.1 Å². The van der Waals surface area contributed by atoms with Gasteiger partial charge in [-0.2, -0.15) is 0 Å². The molecule has 0 aromatic heterocycles. The van der Waals surface area contributed by atoms with Crippen molar-refractivity contribution in [1.29, 1.82) is 0 Å². The van der Waals surface area contributed by atoms with Crippen LogP contribution in [0.15, 0.2) is 22.9 Å². The van der Waals surface area contributed by atoms with Crippen LogP contribution in [-0.2, 0) is 23.7 Å². The molecule has 7 nitrogen and oxygen atoms in total. The van der Waals surface area contributed by atoms with Crippen molar-refractivity contribution >= 4 is 5.97 Å². The summed E-state index contributed by atoms with van der Waals surface area (Å²) in [7, 11) is 1.48. The second-order valence-electron chi connectivity index (χ2n) is 9.08. The fourth-order valence-electron chi connectivity index (χ4n) is 6.46. The molecule has 5 aliphatic rings. The molecule has 0 aromatic carbocycles. The number of cyclic esters (lactones) is 1. The number of aliphatic hydroxyl groups excluding tert-OH is 1. The zero-order valence-electron chi connectivity index (χ0n) is 17.6. The summed E-state index contributed by atoms with van der Waals surface area (Å²) in [4.78, 5) is 14.7. The van der Waals surface area contributed by atoms with E-state index in [1.807, 2.05) is 13.8 Å². The van der Waals surface area contributed by atoms with Gasteiger partial charge in [-0.1, -0.05) is 13.8 Å². The predicted molar refractivity (Wildman–Crippen MR) is 103 cm³/mol. The fourth-order valence-corrected chi connectivity index (χ4v) is 6.46. The molecule has 0 amide bonds. The van der Waals surface area contributed by atoms with E-state index in [1.54, 1.807) is 0 Å². The third kappa shape index (κ3) is 2.56. The zero-order chi connectivity index (χ0) is 20.5. The van der Waals surface area contributed by atoms with Crippen LogP contribution in [0.2, 0.25) is 0 Å². The Morgan fingerprint density at radius 3 is 2.86 bits per heavy atom. The zero-order valence-corrected chi connectivity index (χ0v) is 17.6. The molecule has 5 aliphatic heterocycles. The highest BCUT2D eigenvalue weighted by Crippen LogP contribution is 2.59. The second kappa shape index (κ2) is 6.72. The quantitative estimate of drug-likeness (QED) is 0.723. The van der Waals surface area contributed by atoms with E-state index in [2.05, 4.69) is 11.8 Å². The van der Waals surface area contributed by atoms with Gasteiger partial charge in [-0.15, -0.1) is 0 Å². The highest BCUT2D eigenvalue weighted by Gasteiger charge is 2.68. The molecule has 7 heteroatoms. The summed E-state index contributed by atoms with van der Waals surface area (Å²) in [6, 6.07) is 0.391. The van der Waals surface area contributed by atoms with Crippen LogP contribution in [-0.4, -0.2) is 59.7 Å². The van der Waals surface area contributed by atoms with Crippen molar-refractivity contribution in [3.63, 3.8) is 0 Å². The van der Waals surface area contributed by atoms with Crippen molar-refractivity contribution in [2.24, 2.45) is 11.8 Å². The van der Waals surface area contributed by atoms with Gasteiger partial charge in [-0.25, -0.2) is 4.79 Å². The van der Waals surface area contributed by atoms with Gasteiger partial charge in [-0.05, 0) is 39.2 Å². The summed E-state index contributed by atoms with van der Waals surface area (Å²) in [6.45, 7) is 6.99. The number of hydrogen-bond acceptors (Lipinski definition) is 7. The number of nitrogens with zero attached hydrogens (tertiary/aromatic N) is 1. The van der Waals surface area contributed by atoms with Gasteiger partial charge in [0.2, 0.25) is 11.5 Å². The molecular weight excluding hydrogens is 374 g/mol. The minimum Gasteiger partial charge on any atom is -0.490 e. The molecule has 5 rings (SSSR count). The van der Waals surface area contributed by atoms with Crippen LogP contribution in [0.1, 0.15) is 52.9 Å². The first-order chi connectivity index (χ1) is 13.9. The summed E-state index contributed by atoms with van der Waals surface area (Å²) < 4.78 is 24.0. The van der Waals surface area contributed by atoms with E-state index in [1.165, 1.54) is 7.11 Å². The smallest absolute Gasteiger partial charge is 0.379 e.